The van der Waals surface area contributed by atoms with E-state index in [0.717, 1.165) is 6.07 Å². The first-order valence-electron chi connectivity index (χ1n) is 6.86. The van der Waals surface area contributed by atoms with Crippen LogP contribution in [0.5, 0.6) is 5.75 Å². The number of halogens is 2. The minimum absolute atomic E-state index is 0.120. The summed E-state index contributed by atoms with van der Waals surface area (Å²) in [5.41, 5.74) is 1.16. The van der Waals surface area contributed by atoms with E-state index in [4.69, 9.17) is 23.2 Å². The third-order valence-electron chi connectivity index (χ3n) is 3.48. The Morgan fingerprint density at radius 3 is 2.29 bits per heavy atom. The van der Waals surface area contributed by atoms with Gasteiger partial charge in [-0.2, -0.15) is 0 Å². The van der Waals surface area contributed by atoms with Crippen LogP contribution in [0.3, 0.4) is 0 Å². The molecule has 0 fully saturated rings. The Bertz CT molecular complexity index is 880. The zero-order valence-electron chi connectivity index (χ0n) is 13.0. The summed E-state index contributed by atoms with van der Waals surface area (Å²) in [5, 5.41) is 9.89. The van der Waals surface area contributed by atoms with Gasteiger partial charge in [-0.25, -0.2) is 8.42 Å². The van der Waals surface area contributed by atoms with Crippen molar-refractivity contribution in [2.24, 2.45) is 0 Å². The van der Waals surface area contributed by atoms with Gasteiger partial charge in [0.1, 0.15) is 4.90 Å². The summed E-state index contributed by atoms with van der Waals surface area (Å²) in [5.74, 6) is -0.982. The molecule has 2 aromatic rings. The zero-order valence-corrected chi connectivity index (χ0v) is 15.3. The lowest BCUT2D eigenvalue weighted by atomic mass is 10.2. The quantitative estimate of drug-likeness (QED) is 0.868. The Kier molecular flexibility index (Phi) is 5.42. The predicted octanol–water partition coefficient (Wildman–Crippen LogP) is 3.66. The molecule has 8 heteroatoms. The number of amides is 1. The van der Waals surface area contributed by atoms with Crippen molar-refractivity contribution in [3.05, 3.63) is 52.0 Å². The SMILES string of the molecule is CC(=O)N(C)c1ccc(CS(=O)(=O)c2cc(Cl)cc(Cl)c2O)cc1. The van der Waals surface area contributed by atoms with E-state index in [1.54, 1.807) is 31.3 Å². The minimum Gasteiger partial charge on any atom is -0.505 e. The van der Waals surface area contributed by atoms with Crippen LogP contribution in [0.25, 0.3) is 0 Å². The molecule has 0 atom stereocenters. The third-order valence-corrected chi connectivity index (χ3v) is 5.68. The van der Waals surface area contributed by atoms with Crippen molar-refractivity contribution in [1.82, 2.24) is 0 Å². The van der Waals surface area contributed by atoms with Crippen LogP contribution in [0.2, 0.25) is 10.0 Å². The van der Waals surface area contributed by atoms with Gasteiger partial charge in [0.25, 0.3) is 0 Å². The Morgan fingerprint density at radius 2 is 1.75 bits per heavy atom. The molecule has 0 unspecified atom stereocenters. The van der Waals surface area contributed by atoms with Crippen LogP contribution < -0.4 is 4.90 Å². The number of sulfone groups is 1. The number of carbonyl (C=O) groups excluding carboxylic acids is 1. The molecule has 2 aromatic carbocycles. The van der Waals surface area contributed by atoms with E-state index in [9.17, 15) is 18.3 Å². The maximum absolute atomic E-state index is 12.5. The number of benzene rings is 2. The number of aromatic hydroxyl groups is 1. The Balaban J connectivity index is 2.32. The zero-order chi connectivity index (χ0) is 18.1. The fourth-order valence-electron chi connectivity index (χ4n) is 2.07. The summed E-state index contributed by atoms with van der Waals surface area (Å²) in [4.78, 5) is 12.5. The monoisotopic (exact) mass is 387 g/mol. The van der Waals surface area contributed by atoms with E-state index in [1.165, 1.54) is 17.9 Å². The highest BCUT2D eigenvalue weighted by Gasteiger charge is 2.22. The van der Waals surface area contributed by atoms with E-state index in [-0.39, 0.29) is 26.6 Å². The van der Waals surface area contributed by atoms with E-state index < -0.39 is 15.6 Å². The molecule has 0 saturated carbocycles. The molecule has 0 saturated heterocycles. The summed E-state index contributed by atoms with van der Waals surface area (Å²) in [6.45, 7) is 1.43. The number of phenols is 1. The van der Waals surface area contributed by atoms with E-state index in [2.05, 4.69) is 0 Å². The van der Waals surface area contributed by atoms with Crippen molar-refractivity contribution < 1.29 is 18.3 Å². The fourth-order valence-corrected chi connectivity index (χ4v) is 4.19. The highest BCUT2D eigenvalue weighted by molar-refractivity contribution is 7.90. The van der Waals surface area contributed by atoms with Crippen molar-refractivity contribution in [2.75, 3.05) is 11.9 Å². The van der Waals surface area contributed by atoms with Crippen LogP contribution in [0.4, 0.5) is 5.69 Å². The van der Waals surface area contributed by atoms with Crippen LogP contribution in [-0.2, 0) is 20.4 Å². The summed E-state index contributed by atoms with van der Waals surface area (Å²) in [7, 11) is -2.21. The van der Waals surface area contributed by atoms with Gasteiger partial charge >= 0.3 is 0 Å². The molecule has 1 N–H and O–H groups in total. The van der Waals surface area contributed by atoms with Gasteiger partial charge in [0.05, 0.1) is 10.8 Å². The molecule has 0 spiro atoms. The molecule has 24 heavy (non-hydrogen) atoms. The smallest absolute Gasteiger partial charge is 0.223 e. The van der Waals surface area contributed by atoms with Crippen LogP contribution in [-0.4, -0.2) is 26.5 Å². The van der Waals surface area contributed by atoms with Gasteiger partial charge < -0.3 is 10.0 Å². The first-order chi connectivity index (χ1) is 11.1. The summed E-state index contributed by atoms with van der Waals surface area (Å²) < 4.78 is 25.0. The normalized spacial score (nSPS) is 11.3. The Labute approximate surface area is 150 Å². The van der Waals surface area contributed by atoms with Crippen LogP contribution in [0.15, 0.2) is 41.3 Å². The van der Waals surface area contributed by atoms with Crippen molar-refractivity contribution in [2.45, 2.75) is 17.6 Å². The van der Waals surface area contributed by atoms with Crippen molar-refractivity contribution in [3.63, 3.8) is 0 Å². The van der Waals surface area contributed by atoms with Gasteiger partial charge in [-0.05, 0) is 29.8 Å². The summed E-state index contributed by atoms with van der Waals surface area (Å²) >= 11 is 11.6. The second kappa shape index (κ2) is 7.01. The molecular formula is C16H15Cl2NO4S. The minimum atomic E-state index is -3.84. The third kappa shape index (κ3) is 4.01. The van der Waals surface area contributed by atoms with Gasteiger partial charge in [-0.15, -0.1) is 0 Å². The Morgan fingerprint density at radius 1 is 1.17 bits per heavy atom. The van der Waals surface area contributed by atoms with Crippen LogP contribution in [0, 0.1) is 0 Å². The second-order valence-corrected chi connectivity index (χ2v) is 8.04. The number of anilines is 1. The number of rotatable bonds is 4. The van der Waals surface area contributed by atoms with Crippen molar-refractivity contribution in [1.29, 1.82) is 0 Å². The molecular weight excluding hydrogens is 373 g/mol. The molecule has 0 aliphatic rings. The Hall–Kier alpha value is -1.76. The lowest BCUT2D eigenvalue weighted by molar-refractivity contribution is -0.116. The molecule has 0 bridgehead atoms. The molecule has 5 nitrogen and oxygen atoms in total. The van der Waals surface area contributed by atoms with E-state index in [1.807, 2.05) is 0 Å². The molecule has 0 heterocycles. The molecule has 0 radical (unpaired) electrons. The molecule has 0 aromatic heterocycles. The van der Waals surface area contributed by atoms with E-state index in [0.29, 0.717) is 11.3 Å². The van der Waals surface area contributed by atoms with Gasteiger partial charge in [-0.3, -0.25) is 4.79 Å². The fraction of sp³-hybridized carbons (Fsp3) is 0.188. The average Bonchev–Trinajstić information content (AvgIpc) is 2.50. The summed E-state index contributed by atoms with van der Waals surface area (Å²) in [6.07, 6.45) is 0. The number of hydrogen-bond acceptors (Lipinski definition) is 4. The van der Waals surface area contributed by atoms with Gasteiger partial charge in [0, 0.05) is 24.7 Å². The molecule has 0 aliphatic carbocycles. The maximum Gasteiger partial charge on any atom is 0.223 e. The predicted molar refractivity (Wildman–Crippen MR) is 94.5 cm³/mol. The molecule has 1 amide bonds. The lowest BCUT2D eigenvalue weighted by Gasteiger charge is -2.15. The number of phenolic OH excluding ortho intramolecular Hbond substituents is 1. The van der Waals surface area contributed by atoms with Gasteiger partial charge in [0.15, 0.2) is 15.6 Å². The number of carbonyl (C=O) groups is 1. The largest absolute Gasteiger partial charge is 0.505 e. The number of hydrogen-bond donors (Lipinski definition) is 1. The lowest BCUT2D eigenvalue weighted by Crippen LogP contribution is -2.22. The highest BCUT2D eigenvalue weighted by atomic mass is 35.5. The molecule has 2 rings (SSSR count). The number of nitrogens with zero attached hydrogens (tertiary/aromatic N) is 1. The molecule has 128 valence electrons. The van der Waals surface area contributed by atoms with Crippen LogP contribution >= 0.6 is 23.2 Å². The van der Waals surface area contributed by atoms with Crippen molar-refractivity contribution >= 4 is 44.6 Å². The summed E-state index contributed by atoms with van der Waals surface area (Å²) in [6, 6.07) is 8.94. The first kappa shape index (κ1) is 18.6. The standard InChI is InChI=1S/C16H15Cl2NO4S/c1-10(20)19(2)13-5-3-11(4-6-13)9-24(22,23)15-8-12(17)7-14(18)16(15)21/h3-8,21H,9H2,1-2H3. The first-order valence-corrected chi connectivity index (χ1v) is 9.26. The second-order valence-electron chi connectivity index (χ2n) is 5.24. The topological polar surface area (TPSA) is 74.7 Å². The molecule has 0 aliphatic heterocycles. The van der Waals surface area contributed by atoms with Crippen LogP contribution in [0.1, 0.15) is 12.5 Å². The van der Waals surface area contributed by atoms with Gasteiger partial charge in [-0.1, -0.05) is 35.3 Å². The average molecular weight is 388 g/mol. The van der Waals surface area contributed by atoms with Crippen molar-refractivity contribution in [3.8, 4) is 5.75 Å². The van der Waals surface area contributed by atoms with E-state index >= 15 is 0 Å². The maximum atomic E-state index is 12.5. The highest BCUT2D eigenvalue weighted by Crippen LogP contribution is 2.35. The van der Waals surface area contributed by atoms with Gasteiger partial charge in [0.2, 0.25) is 5.91 Å².